The molecule has 176 valence electrons. The minimum atomic E-state index is 0. The van der Waals surface area contributed by atoms with Crippen LogP contribution in [0.3, 0.4) is 0 Å². The SMILES string of the molecule is CCNC(=NCc1ccc(C)cc1OCC1CCOC1)NCc1cccc2cccnc12.I. The van der Waals surface area contributed by atoms with E-state index in [1.807, 2.05) is 12.3 Å². The molecule has 1 unspecified atom stereocenters. The summed E-state index contributed by atoms with van der Waals surface area (Å²) in [7, 11) is 0. The maximum absolute atomic E-state index is 6.17. The summed E-state index contributed by atoms with van der Waals surface area (Å²) in [6, 6.07) is 16.6. The summed E-state index contributed by atoms with van der Waals surface area (Å²) in [6.45, 7) is 8.45. The van der Waals surface area contributed by atoms with Gasteiger partial charge in [0.05, 0.1) is 25.3 Å². The molecule has 1 aliphatic heterocycles. The van der Waals surface area contributed by atoms with E-state index in [9.17, 15) is 0 Å². The summed E-state index contributed by atoms with van der Waals surface area (Å²) >= 11 is 0. The van der Waals surface area contributed by atoms with Crippen molar-refractivity contribution in [3.8, 4) is 5.75 Å². The molecule has 2 heterocycles. The highest BCUT2D eigenvalue weighted by Gasteiger charge is 2.17. The lowest BCUT2D eigenvalue weighted by atomic mass is 10.1. The highest BCUT2D eigenvalue weighted by atomic mass is 127. The van der Waals surface area contributed by atoms with Gasteiger partial charge in [0.25, 0.3) is 0 Å². The molecule has 1 fully saturated rings. The average molecular weight is 560 g/mol. The largest absolute Gasteiger partial charge is 0.493 e. The van der Waals surface area contributed by atoms with Gasteiger partial charge in [0.1, 0.15) is 5.75 Å². The van der Waals surface area contributed by atoms with Crippen LogP contribution in [0.25, 0.3) is 10.9 Å². The predicted molar refractivity (Wildman–Crippen MR) is 144 cm³/mol. The molecule has 1 aliphatic rings. The van der Waals surface area contributed by atoms with Crippen molar-refractivity contribution in [2.45, 2.75) is 33.4 Å². The molecule has 4 rings (SSSR count). The lowest BCUT2D eigenvalue weighted by Gasteiger charge is -2.15. The quantitative estimate of drug-likeness (QED) is 0.235. The van der Waals surface area contributed by atoms with Crippen molar-refractivity contribution in [2.24, 2.45) is 10.9 Å². The van der Waals surface area contributed by atoms with Crippen LogP contribution in [0.15, 0.2) is 59.7 Å². The first-order valence-electron chi connectivity index (χ1n) is 11.4. The van der Waals surface area contributed by atoms with E-state index in [0.717, 1.165) is 59.9 Å². The fraction of sp³-hybridized carbons (Fsp3) is 0.385. The maximum atomic E-state index is 6.17. The Balaban J connectivity index is 0.00000306. The third kappa shape index (κ3) is 7.04. The summed E-state index contributed by atoms with van der Waals surface area (Å²) in [5, 5.41) is 7.93. The van der Waals surface area contributed by atoms with Crippen LogP contribution in [0.1, 0.15) is 30.0 Å². The molecule has 0 aliphatic carbocycles. The van der Waals surface area contributed by atoms with Gasteiger partial charge >= 0.3 is 0 Å². The number of fused-ring (bicyclic) bond motifs is 1. The molecule has 1 aromatic heterocycles. The minimum absolute atomic E-state index is 0. The number of benzene rings is 2. The normalized spacial score (nSPS) is 15.8. The smallest absolute Gasteiger partial charge is 0.191 e. The van der Waals surface area contributed by atoms with Crippen LogP contribution in [0.4, 0.5) is 0 Å². The molecule has 3 aromatic rings. The number of guanidine groups is 1. The van der Waals surface area contributed by atoms with Crippen LogP contribution < -0.4 is 15.4 Å². The number of aliphatic imine (C=N–C) groups is 1. The van der Waals surface area contributed by atoms with E-state index in [4.69, 9.17) is 14.5 Å². The summed E-state index contributed by atoms with van der Waals surface area (Å²) < 4.78 is 11.6. The van der Waals surface area contributed by atoms with E-state index in [2.05, 4.69) is 71.9 Å². The number of para-hydroxylation sites is 1. The first-order valence-corrected chi connectivity index (χ1v) is 11.4. The molecule has 2 aromatic carbocycles. The zero-order valence-electron chi connectivity index (χ0n) is 19.3. The van der Waals surface area contributed by atoms with Crippen molar-refractivity contribution in [1.82, 2.24) is 15.6 Å². The molecule has 0 spiro atoms. The summed E-state index contributed by atoms with van der Waals surface area (Å²) in [5.74, 6) is 2.16. The second kappa shape index (κ2) is 12.7. The van der Waals surface area contributed by atoms with E-state index in [1.165, 1.54) is 5.56 Å². The third-order valence-electron chi connectivity index (χ3n) is 5.64. The molecule has 2 N–H and O–H groups in total. The predicted octanol–water partition coefficient (Wildman–Crippen LogP) is 4.83. The molecule has 0 amide bonds. The number of nitrogens with zero attached hydrogens (tertiary/aromatic N) is 2. The van der Waals surface area contributed by atoms with E-state index in [1.54, 1.807) is 0 Å². The highest BCUT2D eigenvalue weighted by molar-refractivity contribution is 14.0. The molecular formula is C26H33IN4O2. The number of aryl methyl sites for hydroxylation is 1. The second-order valence-electron chi connectivity index (χ2n) is 8.19. The van der Waals surface area contributed by atoms with Crippen molar-refractivity contribution in [1.29, 1.82) is 0 Å². The van der Waals surface area contributed by atoms with Crippen molar-refractivity contribution in [3.63, 3.8) is 0 Å². The van der Waals surface area contributed by atoms with Gasteiger partial charge in [0.2, 0.25) is 0 Å². The standard InChI is InChI=1S/C26H32N4O2.HI/c1-3-27-26(30-16-23-7-4-6-21-8-5-12-28-25(21)23)29-15-22-10-9-19(2)14-24(22)32-18-20-11-13-31-17-20;/h4-10,12,14,20H,3,11,13,15-18H2,1-2H3,(H2,27,29,30);1H. The third-order valence-corrected chi connectivity index (χ3v) is 5.64. The topological polar surface area (TPSA) is 67.8 Å². The van der Waals surface area contributed by atoms with Gasteiger partial charge in [0.15, 0.2) is 5.96 Å². The fourth-order valence-corrected chi connectivity index (χ4v) is 3.84. The molecule has 33 heavy (non-hydrogen) atoms. The van der Waals surface area contributed by atoms with Crippen molar-refractivity contribution in [3.05, 3.63) is 71.4 Å². The summed E-state index contributed by atoms with van der Waals surface area (Å²) in [5.41, 5.74) is 4.43. The number of halogens is 1. The Morgan fingerprint density at radius 1 is 1.15 bits per heavy atom. The van der Waals surface area contributed by atoms with Crippen molar-refractivity contribution < 1.29 is 9.47 Å². The van der Waals surface area contributed by atoms with Crippen LogP contribution >= 0.6 is 24.0 Å². The van der Waals surface area contributed by atoms with Crippen LogP contribution in [0, 0.1) is 12.8 Å². The van der Waals surface area contributed by atoms with Crippen LogP contribution in [-0.4, -0.2) is 37.3 Å². The van der Waals surface area contributed by atoms with E-state index < -0.39 is 0 Å². The monoisotopic (exact) mass is 560 g/mol. The Hall–Kier alpha value is -2.39. The molecule has 7 heteroatoms. The molecule has 6 nitrogen and oxygen atoms in total. The zero-order valence-corrected chi connectivity index (χ0v) is 21.7. The highest BCUT2D eigenvalue weighted by Crippen LogP contribution is 2.23. The van der Waals surface area contributed by atoms with Gasteiger partial charge in [0, 0.05) is 42.8 Å². The van der Waals surface area contributed by atoms with E-state index in [0.29, 0.717) is 25.6 Å². The van der Waals surface area contributed by atoms with Gasteiger partial charge in [-0.1, -0.05) is 36.4 Å². The van der Waals surface area contributed by atoms with Gasteiger partial charge in [-0.2, -0.15) is 0 Å². The van der Waals surface area contributed by atoms with Crippen LogP contribution in [0.5, 0.6) is 5.75 Å². The zero-order chi connectivity index (χ0) is 22.2. The Labute approximate surface area is 213 Å². The molecule has 0 radical (unpaired) electrons. The number of nitrogens with one attached hydrogen (secondary N) is 2. The summed E-state index contributed by atoms with van der Waals surface area (Å²) in [6.07, 6.45) is 2.90. The molecule has 1 saturated heterocycles. The van der Waals surface area contributed by atoms with Crippen LogP contribution in [-0.2, 0) is 17.8 Å². The minimum Gasteiger partial charge on any atom is -0.493 e. The number of ether oxygens (including phenoxy) is 2. The van der Waals surface area contributed by atoms with Crippen LogP contribution in [0.2, 0.25) is 0 Å². The van der Waals surface area contributed by atoms with Gasteiger partial charge in [-0.25, -0.2) is 4.99 Å². The Morgan fingerprint density at radius 2 is 2.03 bits per heavy atom. The average Bonchev–Trinajstić information content (AvgIpc) is 3.34. The number of pyridine rings is 1. The number of hydrogen-bond acceptors (Lipinski definition) is 4. The first kappa shape index (κ1) is 25.2. The molecule has 1 atom stereocenters. The Kier molecular flexibility index (Phi) is 9.75. The Bertz CT molecular complexity index is 1060. The van der Waals surface area contributed by atoms with Crippen molar-refractivity contribution >= 4 is 40.8 Å². The lowest BCUT2D eigenvalue weighted by molar-refractivity contribution is 0.166. The lowest BCUT2D eigenvalue weighted by Crippen LogP contribution is -2.36. The number of rotatable bonds is 8. The van der Waals surface area contributed by atoms with Gasteiger partial charge < -0.3 is 20.1 Å². The molecular weight excluding hydrogens is 527 g/mol. The van der Waals surface area contributed by atoms with Gasteiger partial charge in [-0.3, -0.25) is 4.98 Å². The molecule has 0 saturated carbocycles. The van der Waals surface area contributed by atoms with Gasteiger partial charge in [-0.15, -0.1) is 24.0 Å². The summed E-state index contributed by atoms with van der Waals surface area (Å²) in [4.78, 5) is 9.36. The van der Waals surface area contributed by atoms with E-state index in [-0.39, 0.29) is 24.0 Å². The maximum Gasteiger partial charge on any atom is 0.191 e. The fourth-order valence-electron chi connectivity index (χ4n) is 3.84. The molecule has 0 bridgehead atoms. The second-order valence-corrected chi connectivity index (χ2v) is 8.19. The van der Waals surface area contributed by atoms with Gasteiger partial charge in [-0.05, 0) is 43.5 Å². The van der Waals surface area contributed by atoms with E-state index >= 15 is 0 Å². The van der Waals surface area contributed by atoms with Crippen molar-refractivity contribution in [2.75, 3.05) is 26.4 Å². The first-order chi connectivity index (χ1) is 15.7. The number of aromatic nitrogens is 1. The number of hydrogen-bond donors (Lipinski definition) is 2. The Morgan fingerprint density at radius 3 is 2.85 bits per heavy atom.